The minimum absolute atomic E-state index is 0. The van der Waals surface area contributed by atoms with Gasteiger partial charge in [-0.15, -0.1) is 0 Å². The van der Waals surface area contributed by atoms with Crippen LogP contribution in [0.25, 0.3) is 0 Å². The second-order valence-corrected chi connectivity index (χ2v) is 12.5. The van der Waals surface area contributed by atoms with Gasteiger partial charge in [-0.3, -0.25) is 9.59 Å². The molecule has 2 N–H and O–H groups in total. The third-order valence-electron chi connectivity index (χ3n) is 5.99. The monoisotopic (exact) mass is 556 g/mol. The van der Waals surface area contributed by atoms with Crippen molar-refractivity contribution >= 4 is 11.6 Å². The molecular weight excluding hydrogens is 503 g/mol. The average molecular weight is 557 g/mol. The number of ether oxygens (including phenoxy) is 6. The summed E-state index contributed by atoms with van der Waals surface area (Å²) in [7, 11) is 0. The second kappa shape index (κ2) is 14.2. The summed E-state index contributed by atoms with van der Waals surface area (Å²) < 4.78 is 32.7. The molecule has 3 aliphatic rings. The Morgan fingerprint density at radius 2 is 0.821 bits per heavy atom. The molecule has 10 nitrogen and oxygen atoms in total. The molecule has 11 heteroatoms. The van der Waals surface area contributed by atoms with Crippen LogP contribution in [0, 0.1) is 7.43 Å². The minimum atomic E-state index is -1.04. The standard InChI is InChI=1S/C11H22O4.C9H14O4.C7H14O2.CH3.Li/c1-9(2,12)7-8(10(3,4)13)15-11(5,6)14-7;1-5(10)7-8(6(2)11)13-9(3,4)12-7;1-5-6(2)9-7(3,4)8-5;;/h7-8,12-13H,1-6H3;7-8H,1-4H3;5-6H,1-4H3;1H3;/q;;;-1;+1. The van der Waals surface area contributed by atoms with E-state index in [1.54, 1.807) is 55.4 Å². The number of aliphatic hydroxyl groups is 2. The maximum atomic E-state index is 11.1. The van der Waals surface area contributed by atoms with Crippen molar-refractivity contribution in [2.45, 2.75) is 162 Å². The predicted molar refractivity (Wildman–Crippen MR) is 143 cm³/mol. The van der Waals surface area contributed by atoms with Gasteiger partial charge >= 0.3 is 18.9 Å². The van der Waals surface area contributed by atoms with E-state index in [2.05, 4.69) is 0 Å². The summed E-state index contributed by atoms with van der Waals surface area (Å²) in [5, 5.41) is 19.9. The first-order valence-electron chi connectivity index (χ1n) is 12.8. The van der Waals surface area contributed by atoms with Gasteiger partial charge in [0, 0.05) is 0 Å². The van der Waals surface area contributed by atoms with Crippen LogP contribution in [-0.4, -0.2) is 87.0 Å². The quantitative estimate of drug-likeness (QED) is 0.378. The van der Waals surface area contributed by atoms with Crippen molar-refractivity contribution in [3.05, 3.63) is 7.43 Å². The number of carbonyl (C=O) groups excluding carboxylic acids is 2. The van der Waals surface area contributed by atoms with E-state index in [4.69, 9.17) is 28.4 Å². The summed E-state index contributed by atoms with van der Waals surface area (Å²) in [5.41, 5.74) is -2.09. The van der Waals surface area contributed by atoms with E-state index in [0.717, 1.165) is 0 Å². The molecule has 0 aromatic rings. The van der Waals surface area contributed by atoms with Crippen molar-refractivity contribution in [1.29, 1.82) is 0 Å². The molecule has 0 amide bonds. The van der Waals surface area contributed by atoms with E-state index in [-0.39, 0.29) is 55.8 Å². The van der Waals surface area contributed by atoms with Gasteiger partial charge in [-0.25, -0.2) is 0 Å². The number of Topliss-reactive ketones (excluding diaryl/α,β-unsaturated/α-hetero) is 2. The maximum Gasteiger partial charge on any atom is 1.00 e. The van der Waals surface area contributed by atoms with Gasteiger partial charge in [-0.2, -0.15) is 0 Å². The molecular formula is C28H53LiO10. The zero-order chi connectivity index (χ0) is 29.4. The van der Waals surface area contributed by atoms with E-state index in [9.17, 15) is 19.8 Å². The molecule has 3 rings (SSSR count). The van der Waals surface area contributed by atoms with Crippen molar-refractivity contribution in [1.82, 2.24) is 0 Å². The molecule has 0 radical (unpaired) electrons. The first-order valence-corrected chi connectivity index (χ1v) is 12.8. The molecule has 0 aliphatic carbocycles. The molecule has 3 heterocycles. The third kappa shape index (κ3) is 12.6. The fourth-order valence-corrected chi connectivity index (χ4v) is 4.26. The Hall–Kier alpha value is -0.383. The van der Waals surface area contributed by atoms with Gasteiger partial charge in [0.15, 0.2) is 41.1 Å². The fourth-order valence-electron chi connectivity index (χ4n) is 4.26. The number of hydrogen-bond donors (Lipinski definition) is 2. The van der Waals surface area contributed by atoms with Crippen LogP contribution >= 0.6 is 0 Å². The molecule has 0 aromatic carbocycles. The largest absolute Gasteiger partial charge is 1.00 e. The Morgan fingerprint density at radius 1 is 0.590 bits per heavy atom. The summed E-state index contributed by atoms with van der Waals surface area (Å²) in [6.45, 7) is 24.3. The summed E-state index contributed by atoms with van der Waals surface area (Å²) >= 11 is 0. The second-order valence-electron chi connectivity index (χ2n) is 12.5. The Labute approximate surface area is 247 Å². The molecule has 3 fully saturated rings. The molecule has 226 valence electrons. The molecule has 0 saturated carbocycles. The topological polar surface area (TPSA) is 130 Å². The molecule has 3 aliphatic heterocycles. The molecule has 0 spiro atoms. The molecule has 6 atom stereocenters. The fraction of sp³-hybridized carbons (Fsp3) is 0.893. The van der Waals surface area contributed by atoms with E-state index in [1.807, 2.05) is 27.7 Å². The Bertz CT molecular complexity index is 737. The number of carbonyl (C=O) groups is 2. The normalized spacial score (nSPS) is 32.4. The Kier molecular flexibility index (Phi) is 14.8. The van der Waals surface area contributed by atoms with Crippen molar-refractivity contribution in [2.75, 3.05) is 0 Å². The van der Waals surface area contributed by atoms with Gasteiger partial charge in [0.05, 0.1) is 23.4 Å². The van der Waals surface area contributed by atoms with Gasteiger partial charge < -0.3 is 46.1 Å². The first kappa shape index (κ1) is 40.8. The summed E-state index contributed by atoms with van der Waals surface area (Å²) in [4.78, 5) is 22.2. The van der Waals surface area contributed by atoms with Crippen LogP contribution in [-0.2, 0) is 38.0 Å². The van der Waals surface area contributed by atoms with Crippen molar-refractivity contribution < 1.29 is 67.1 Å². The maximum absolute atomic E-state index is 11.1. The van der Waals surface area contributed by atoms with Crippen LogP contribution in [0.1, 0.15) is 96.9 Å². The third-order valence-corrected chi connectivity index (χ3v) is 5.99. The van der Waals surface area contributed by atoms with Gasteiger partial charge in [0.25, 0.3) is 0 Å². The smallest absolute Gasteiger partial charge is 0.388 e. The van der Waals surface area contributed by atoms with Crippen molar-refractivity contribution in [2.24, 2.45) is 0 Å². The molecule has 3 saturated heterocycles. The minimum Gasteiger partial charge on any atom is -0.388 e. The van der Waals surface area contributed by atoms with E-state index >= 15 is 0 Å². The predicted octanol–water partition coefficient (Wildman–Crippen LogP) is 0.733. The molecule has 39 heavy (non-hydrogen) atoms. The van der Waals surface area contributed by atoms with Crippen molar-refractivity contribution in [3.8, 4) is 0 Å². The Morgan fingerprint density at radius 3 is 1.00 bits per heavy atom. The van der Waals surface area contributed by atoms with Crippen LogP contribution in [0.5, 0.6) is 0 Å². The van der Waals surface area contributed by atoms with Crippen LogP contribution in [0.15, 0.2) is 0 Å². The average Bonchev–Trinajstić information content (AvgIpc) is 3.25. The Balaban J connectivity index is 0. The molecule has 0 bridgehead atoms. The van der Waals surface area contributed by atoms with Gasteiger partial charge in [-0.05, 0) is 96.9 Å². The van der Waals surface area contributed by atoms with Crippen LogP contribution in [0.2, 0.25) is 0 Å². The molecule has 6 unspecified atom stereocenters. The zero-order valence-electron chi connectivity index (χ0n) is 27.1. The molecule has 0 aromatic heterocycles. The SMILES string of the molecule is CC(=O)C1OC(C)(C)OC1C(C)=O.CC1(C)OC(C(C)(C)O)C(C(C)(C)O)O1.CC1OC(C)(C)OC1C.[CH3-].[Li+]. The van der Waals surface area contributed by atoms with E-state index in [0.29, 0.717) is 0 Å². The van der Waals surface area contributed by atoms with Gasteiger partial charge in [0.1, 0.15) is 12.2 Å². The van der Waals surface area contributed by atoms with Gasteiger partial charge in [-0.1, -0.05) is 0 Å². The van der Waals surface area contributed by atoms with E-state index in [1.165, 1.54) is 13.8 Å². The summed E-state index contributed by atoms with van der Waals surface area (Å²) in [6, 6.07) is 0. The van der Waals surface area contributed by atoms with E-state index < -0.39 is 47.2 Å². The zero-order valence-corrected chi connectivity index (χ0v) is 27.1. The first-order chi connectivity index (χ1) is 16.3. The van der Waals surface area contributed by atoms with Crippen LogP contribution in [0.4, 0.5) is 0 Å². The summed E-state index contributed by atoms with van der Waals surface area (Å²) in [5.74, 6) is -2.32. The van der Waals surface area contributed by atoms with Crippen molar-refractivity contribution in [3.63, 3.8) is 0 Å². The summed E-state index contributed by atoms with van der Waals surface area (Å²) in [6.07, 6.45) is -2.08. The number of hydrogen-bond acceptors (Lipinski definition) is 10. The van der Waals surface area contributed by atoms with Crippen LogP contribution in [0.3, 0.4) is 0 Å². The van der Waals surface area contributed by atoms with Crippen LogP contribution < -0.4 is 18.9 Å². The van der Waals surface area contributed by atoms with Gasteiger partial charge in [0.2, 0.25) is 0 Å². The number of rotatable bonds is 4. The number of ketones is 2.